The van der Waals surface area contributed by atoms with Crippen LogP contribution in [0.15, 0.2) is 28.8 Å². The number of carbonyl (C=O) groups excluding carboxylic acids is 1. The van der Waals surface area contributed by atoms with Crippen LogP contribution >= 0.6 is 11.6 Å². The van der Waals surface area contributed by atoms with Gasteiger partial charge in [-0.15, -0.1) is 0 Å². The van der Waals surface area contributed by atoms with E-state index in [1.54, 1.807) is 31.2 Å². The lowest BCUT2D eigenvalue weighted by Gasteiger charge is -2.14. The van der Waals surface area contributed by atoms with Gasteiger partial charge in [-0.05, 0) is 50.5 Å². The number of nitrogens with one attached hydrogen (secondary N) is 1. The van der Waals surface area contributed by atoms with Crippen LogP contribution in [-0.2, 0) is 9.59 Å². The molecule has 1 amide bonds. The van der Waals surface area contributed by atoms with Gasteiger partial charge in [-0.1, -0.05) is 16.8 Å². The van der Waals surface area contributed by atoms with Crippen LogP contribution in [0.3, 0.4) is 0 Å². The number of hydrogen-bond donors (Lipinski definition) is 2. The molecule has 1 aliphatic rings. The van der Waals surface area contributed by atoms with E-state index < -0.39 is 17.9 Å². The lowest BCUT2D eigenvalue weighted by molar-refractivity contribution is -0.141. The maximum Gasteiger partial charge on any atom is 0.306 e. The number of halogens is 1. The van der Waals surface area contributed by atoms with Crippen LogP contribution in [0.1, 0.15) is 38.1 Å². The van der Waals surface area contributed by atoms with Crippen LogP contribution in [0.5, 0.6) is 0 Å². The predicted molar refractivity (Wildman–Crippen MR) is 89.8 cm³/mol. The molecule has 25 heavy (non-hydrogen) atoms. The highest BCUT2D eigenvalue weighted by Crippen LogP contribution is 2.31. The topological polar surface area (TPSA) is 105 Å². The molecule has 0 saturated heterocycles. The molecule has 3 atom stereocenters. The summed E-state index contributed by atoms with van der Waals surface area (Å²) in [4.78, 5) is 27.6. The Labute approximate surface area is 149 Å². The van der Waals surface area contributed by atoms with Crippen molar-refractivity contribution >= 4 is 23.5 Å². The normalized spacial score (nSPS) is 21.0. The Morgan fingerprint density at radius 3 is 2.60 bits per heavy atom. The summed E-state index contributed by atoms with van der Waals surface area (Å²) in [5.74, 6) is -1.02. The van der Waals surface area contributed by atoms with Gasteiger partial charge in [0.2, 0.25) is 5.91 Å². The van der Waals surface area contributed by atoms with Gasteiger partial charge in [0.05, 0.1) is 12.0 Å². The van der Waals surface area contributed by atoms with E-state index in [-0.39, 0.29) is 11.8 Å². The van der Waals surface area contributed by atoms with Gasteiger partial charge in [0.15, 0.2) is 5.82 Å². The summed E-state index contributed by atoms with van der Waals surface area (Å²) in [7, 11) is 0. The molecule has 1 saturated carbocycles. The first-order chi connectivity index (χ1) is 11.9. The number of aliphatic carboxylic acids is 1. The smallest absolute Gasteiger partial charge is 0.306 e. The van der Waals surface area contributed by atoms with Crippen molar-refractivity contribution in [2.45, 2.75) is 32.2 Å². The van der Waals surface area contributed by atoms with E-state index in [4.69, 9.17) is 21.2 Å². The average Bonchev–Trinajstić information content (AvgIpc) is 3.25. The molecule has 8 heteroatoms. The number of carboxylic acid groups (broad SMARTS) is 1. The molecule has 132 valence electrons. The van der Waals surface area contributed by atoms with Crippen molar-refractivity contribution in [3.63, 3.8) is 0 Å². The molecule has 3 rings (SSSR count). The molecule has 1 aromatic carbocycles. The van der Waals surface area contributed by atoms with E-state index in [0.29, 0.717) is 36.0 Å². The minimum atomic E-state index is -0.839. The zero-order valence-electron chi connectivity index (χ0n) is 13.6. The molecule has 0 aliphatic heterocycles. The van der Waals surface area contributed by atoms with Crippen LogP contribution in [0.4, 0.5) is 0 Å². The first-order valence-electron chi connectivity index (χ1n) is 8.06. The number of aromatic nitrogens is 2. The molecule has 0 spiro atoms. The zero-order chi connectivity index (χ0) is 18.0. The van der Waals surface area contributed by atoms with E-state index in [1.807, 2.05) is 0 Å². The second-order valence-corrected chi connectivity index (χ2v) is 6.68. The molecule has 0 bridgehead atoms. The van der Waals surface area contributed by atoms with Gasteiger partial charge in [0, 0.05) is 16.5 Å². The Bertz CT molecular complexity index is 774. The molecule has 0 radical (unpaired) electrons. The first kappa shape index (κ1) is 17.4. The molecule has 1 aromatic heterocycles. The second-order valence-electron chi connectivity index (χ2n) is 6.24. The summed E-state index contributed by atoms with van der Waals surface area (Å²) in [5.41, 5.74) is 0.738. The fourth-order valence-electron chi connectivity index (χ4n) is 2.96. The van der Waals surface area contributed by atoms with Gasteiger partial charge >= 0.3 is 5.97 Å². The number of carboxylic acids is 1. The number of amides is 1. The Hall–Kier alpha value is -2.41. The van der Waals surface area contributed by atoms with Crippen molar-refractivity contribution in [3.8, 4) is 11.5 Å². The third-order valence-corrected chi connectivity index (χ3v) is 4.68. The third-order valence-electron chi connectivity index (χ3n) is 4.43. The van der Waals surface area contributed by atoms with Crippen molar-refractivity contribution < 1.29 is 19.2 Å². The summed E-state index contributed by atoms with van der Waals surface area (Å²) in [6.07, 6.45) is 1.48. The van der Waals surface area contributed by atoms with Crippen molar-refractivity contribution in [1.29, 1.82) is 0 Å². The highest BCUT2D eigenvalue weighted by Gasteiger charge is 2.34. The number of rotatable bonds is 5. The van der Waals surface area contributed by atoms with Gasteiger partial charge in [-0.25, -0.2) is 0 Å². The predicted octanol–water partition coefficient (Wildman–Crippen LogP) is 3.07. The minimum absolute atomic E-state index is 0.172. The molecular weight excluding hydrogens is 346 g/mol. The number of benzene rings is 1. The summed E-state index contributed by atoms with van der Waals surface area (Å²) in [6, 6.07) is 6.57. The molecule has 7 nitrogen and oxygen atoms in total. The Balaban J connectivity index is 1.62. The molecule has 2 N–H and O–H groups in total. The van der Waals surface area contributed by atoms with Crippen molar-refractivity contribution in [1.82, 2.24) is 15.5 Å². The third kappa shape index (κ3) is 3.99. The molecule has 1 unspecified atom stereocenters. The highest BCUT2D eigenvalue weighted by molar-refractivity contribution is 6.30. The molecular formula is C17H18ClN3O4. The standard InChI is InChI=1S/C17H18ClN3O4/c1-9(19-15(22)11-2-3-12(8-11)17(23)24)14-20-16(25-21-14)10-4-6-13(18)7-5-10/h4-7,9,11-12H,2-3,8H2,1H3,(H,19,22)(H,23,24)/t9?,11-,12+/m1/s1. The van der Waals surface area contributed by atoms with Crippen LogP contribution in [0.2, 0.25) is 5.02 Å². The average molecular weight is 364 g/mol. The van der Waals surface area contributed by atoms with Crippen LogP contribution < -0.4 is 5.32 Å². The number of hydrogen-bond acceptors (Lipinski definition) is 5. The molecule has 1 fully saturated rings. The fourth-order valence-corrected chi connectivity index (χ4v) is 3.09. The van der Waals surface area contributed by atoms with Crippen molar-refractivity contribution in [3.05, 3.63) is 35.1 Å². The summed E-state index contributed by atoms with van der Waals surface area (Å²) in [6.45, 7) is 1.76. The summed E-state index contributed by atoms with van der Waals surface area (Å²) < 4.78 is 5.23. The second kappa shape index (κ2) is 7.23. The SMILES string of the molecule is CC(NC(=O)[C@@H]1CC[C@H](C(=O)O)C1)c1noc(-c2ccc(Cl)cc2)n1. The fraction of sp³-hybridized carbons (Fsp3) is 0.412. The van der Waals surface area contributed by atoms with Crippen molar-refractivity contribution in [2.24, 2.45) is 11.8 Å². The summed E-state index contributed by atoms with van der Waals surface area (Å²) >= 11 is 5.85. The van der Waals surface area contributed by atoms with Gasteiger partial charge in [-0.3, -0.25) is 9.59 Å². The van der Waals surface area contributed by atoms with Gasteiger partial charge in [0.25, 0.3) is 5.89 Å². The van der Waals surface area contributed by atoms with Gasteiger partial charge in [0.1, 0.15) is 0 Å². The highest BCUT2D eigenvalue weighted by atomic mass is 35.5. The van der Waals surface area contributed by atoms with E-state index in [1.165, 1.54) is 0 Å². The van der Waals surface area contributed by atoms with E-state index >= 15 is 0 Å². The summed E-state index contributed by atoms with van der Waals surface area (Å²) in [5, 5.41) is 16.4. The number of carbonyl (C=O) groups is 2. The van der Waals surface area contributed by atoms with Crippen molar-refractivity contribution in [2.75, 3.05) is 0 Å². The van der Waals surface area contributed by atoms with Crippen LogP contribution in [-0.4, -0.2) is 27.1 Å². The molecule has 1 aliphatic carbocycles. The van der Waals surface area contributed by atoms with E-state index in [2.05, 4.69) is 15.5 Å². The minimum Gasteiger partial charge on any atom is -0.481 e. The quantitative estimate of drug-likeness (QED) is 0.845. The Morgan fingerprint density at radius 1 is 1.28 bits per heavy atom. The Morgan fingerprint density at radius 2 is 1.96 bits per heavy atom. The lowest BCUT2D eigenvalue weighted by atomic mass is 10.0. The zero-order valence-corrected chi connectivity index (χ0v) is 14.4. The molecule has 1 heterocycles. The largest absolute Gasteiger partial charge is 0.481 e. The van der Waals surface area contributed by atoms with Crippen LogP contribution in [0.25, 0.3) is 11.5 Å². The van der Waals surface area contributed by atoms with E-state index in [9.17, 15) is 9.59 Å². The van der Waals surface area contributed by atoms with Crippen LogP contribution in [0, 0.1) is 11.8 Å². The lowest BCUT2D eigenvalue weighted by Crippen LogP contribution is -2.32. The molecule has 2 aromatic rings. The maximum absolute atomic E-state index is 12.3. The van der Waals surface area contributed by atoms with E-state index in [0.717, 1.165) is 5.56 Å². The van der Waals surface area contributed by atoms with Gasteiger partial charge in [-0.2, -0.15) is 4.98 Å². The maximum atomic E-state index is 12.3. The number of nitrogens with zero attached hydrogens (tertiary/aromatic N) is 2. The monoisotopic (exact) mass is 363 g/mol. The first-order valence-corrected chi connectivity index (χ1v) is 8.44. The van der Waals surface area contributed by atoms with Gasteiger partial charge < -0.3 is 14.9 Å². The Kier molecular flexibility index (Phi) is 5.03.